The summed E-state index contributed by atoms with van der Waals surface area (Å²) in [7, 11) is -4.12. The van der Waals surface area contributed by atoms with E-state index in [-0.39, 0.29) is 28.3 Å². The highest BCUT2D eigenvalue weighted by Gasteiger charge is 2.26. The second-order valence-electron chi connectivity index (χ2n) is 5.53. The number of pyridine rings is 1. The number of carboxylic acid groups (broad SMARTS) is 1. The number of nitro benzene ring substituents is 1. The Bertz CT molecular complexity index is 1130. The number of nitrogens with zero attached hydrogens (tertiary/aromatic N) is 3. The van der Waals surface area contributed by atoms with Gasteiger partial charge in [0.15, 0.2) is 5.65 Å². The summed E-state index contributed by atoms with van der Waals surface area (Å²) >= 11 is 0. The van der Waals surface area contributed by atoms with Crippen molar-refractivity contribution in [1.29, 1.82) is 0 Å². The number of benzene rings is 1. The first-order valence-electron chi connectivity index (χ1n) is 7.40. The van der Waals surface area contributed by atoms with Crippen LogP contribution in [-0.2, 0) is 21.2 Å². The zero-order valence-electron chi connectivity index (χ0n) is 13.5. The molecule has 0 aliphatic heterocycles. The van der Waals surface area contributed by atoms with E-state index in [1.54, 1.807) is 12.1 Å². The first kappa shape index (κ1) is 17.5. The molecule has 3 rings (SSSR count). The second kappa shape index (κ2) is 6.23. The summed E-state index contributed by atoms with van der Waals surface area (Å²) < 4.78 is 27.1. The second-order valence-corrected chi connectivity index (χ2v) is 7.32. The third-order valence-electron chi connectivity index (χ3n) is 3.96. The fourth-order valence-corrected chi connectivity index (χ4v) is 4.32. The zero-order chi connectivity index (χ0) is 19.1. The van der Waals surface area contributed by atoms with Crippen LogP contribution in [0.4, 0.5) is 5.69 Å². The van der Waals surface area contributed by atoms with E-state index in [9.17, 15) is 23.3 Å². The molecule has 0 fully saturated rings. The van der Waals surface area contributed by atoms with Gasteiger partial charge in [0, 0.05) is 29.4 Å². The largest absolute Gasteiger partial charge is 0.481 e. The Morgan fingerprint density at radius 3 is 2.50 bits per heavy atom. The molecule has 0 spiro atoms. The number of carbonyl (C=O) groups is 1. The van der Waals surface area contributed by atoms with Crippen LogP contribution in [0.5, 0.6) is 0 Å². The normalized spacial score (nSPS) is 11.6. The van der Waals surface area contributed by atoms with Crippen LogP contribution in [0, 0.1) is 17.0 Å². The van der Waals surface area contributed by atoms with Crippen molar-refractivity contribution in [3.8, 4) is 0 Å². The van der Waals surface area contributed by atoms with Crippen LogP contribution in [-0.4, -0.2) is 33.4 Å². The molecule has 0 unspecified atom stereocenters. The molecule has 0 amide bonds. The molecule has 9 nitrogen and oxygen atoms in total. The highest BCUT2D eigenvalue weighted by atomic mass is 32.2. The first-order chi connectivity index (χ1) is 12.2. The van der Waals surface area contributed by atoms with Gasteiger partial charge in [0.05, 0.1) is 16.2 Å². The minimum absolute atomic E-state index is 0.111. The number of non-ortho nitro benzene ring substituents is 1. The number of fused-ring (bicyclic) bond motifs is 1. The van der Waals surface area contributed by atoms with Gasteiger partial charge in [-0.3, -0.25) is 14.9 Å². The summed E-state index contributed by atoms with van der Waals surface area (Å²) in [5, 5.41) is 20.3. The standard InChI is InChI=1S/C16H13N3O6S/c1-10-14(9-15(20)21)13-3-2-8-17-16(13)18(10)26(24,25)12-6-4-11(5-7-12)19(22)23/h2-8H,9H2,1H3,(H,20,21). The minimum Gasteiger partial charge on any atom is -0.481 e. The molecule has 0 atom stereocenters. The number of rotatable bonds is 5. The average Bonchev–Trinajstić information content (AvgIpc) is 2.87. The molecule has 0 bridgehead atoms. The van der Waals surface area contributed by atoms with E-state index < -0.39 is 20.9 Å². The molecule has 1 aromatic carbocycles. The summed E-state index contributed by atoms with van der Waals surface area (Å²) in [5.74, 6) is -1.09. The summed E-state index contributed by atoms with van der Waals surface area (Å²) in [6.07, 6.45) is 1.06. The Labute approximate surface area is 147 Å². The van der Waals surface area contributed by atoms with Crippen LogP contribution >= 0.6 is 0 Å². The molecule has 3 aromatic rings. The Hall–Kier alpha value is -3.27. The summed E-state index contributed by atoms with van der Waals surface area (Å²) in [6, 6.07) is 7.67. The predicted octanol–water partition coefficient (Wildman–Crippen LogP) is 2.12. The van der Waals surface area contributed by atoms with Crippen molar-refractivity contribution in [1.82, 2.24) is 8.96 Å². The number of aromatic nitrogens is 2. The highest BCUT2D eigenvalue weighted by Crippen LogP contribution is 2.29. The van der Waals surface area contributed by atoms with Crippen LogP contribution in [0.2, 0.25) is 0 Å². The van der Waals surface area contributed by atoms with Gasteiger partial charge in [0.25, 0.3) is 15.7 Å². The average molecular weight is 375 g/mol. The molecule has 0 saturated heterocycles. The molecular formula is C16H13N3O6S. The quantitative estimate of drug-likeness (QED) is 0.533. The fraction of sp³-hybridized carbons (Fsp3) is 0.125. The van der Waals surface area contributed by atoms with Crippen molar-refractivity contribution < 1.29 is 23.2 Å². The van der Waals surface area contributed by atoms with E-state index in [1.807, 2.05) is 0 Å². The summed E-state index contributed by atoms with van der Waals surface area (Å²) in [4.78, 5) is 25.2. The highest BCUT2D eigenvalue weighted by molar-refractivity contribution is 7.90. The lowest BCUT2D eigenvalue weighted by Crippen LogP contribution is -2.15. The summed E-state index contributed by atoms with van der Waals surface area (Å²) in [6.45, 7) is 1.50. The SMILES string of the molecule is Cc1c(CC(=O)O)c2cccnc2n1S(=O)(=O)c1ccc([N+](=O)[O-])cc1. The topological polar surface area (TPSA) is 132 Å². The third kappa shape index (κ3) is 2.80. The molecular weight excluding hydrogens is 362 g/mol. The van der Waals surface area contributed by atoms with Gasteiger partial charge < -0.3 is 5.11 Å². The number of nitro groups is 1. The van der Waals surface area contributed by atoms with E-state index in [2.05, 4.69) is 4.98 Å². The van der Waals surface area contributed by atoms with Crippen molar-refractivity contribution in [3.05, 3.63) is 64.0 Å². The molecule has 0 saturated carbocycles. The number of aliphatic carboxylic acids is 1. The Morgan fingerprint density at radius 1 is 1.27 bits per heavy atom. The van der Waals surface area contributed by atoms with Crippen molar-refractivity contribution >= 4 is 32.7 Å². The summed E-state index contributed by atoms with van der Waals surface area (Å²) in [5.41, 5.74) is 0.466. The van der Waals surface area contributed by atoms with Gasteiger partial charge in [-0.2, -0.15) is 0 Å². The smallest absolute Gasteiger partial charge is 0.307 e. The molecule has 2 heterocycles. The van der Waals surface area contributed by atoms with E-state index in [1.165, 1.54) is 13.1 Å². The molecule has 0 aliphatic rings. The van der Waals surface area contributed by atoms with E-state index >= 15 is 0 Å². The van der Waals surface area contributed by atoms with Gasteiger partial charge in [0.2, 0.25) is 0 Å². The molecule has 1 N–H and O–H groups in total. The van der Waals surface area contributed by atoms with Gasteiger partial charge in [-0.15, -0.1) is 0 Å². The van der Waals surface area contributed by atoms with E-state index in [0.29, 0.717) is 10.9 Å². The number of hydrogen-bond acceptors (Lipinski definition) is 6. The van der Waals surface area contributed by atoms with Crippen LogP contribution in [0.15, 0.2) is 47.5 Å². The monoisotopic (exact) mass is 375 g/mol. The lowest BCUT2D eigenvalue weighted by Gasteiger charge is -2.09. The Balaban J connectivity index is 2.25. The van der Waals surface area contributed by atoms with Crippen LogP contribution < -0.4 is 0 Å². The van der Waals surface area contributed by atoms with Gasteiger partial charge in [-0.1, -0.05) is 0 Å². The molecule has 0 radical (unpaired) electrons. The van der Waals surface area contributed by atoms with Crippen LogP contribution in [0.1, 0.15) is 11.3 Å². The number of hydrogen-bond donors (Lipinski definition) is 1. The molecule has 10 heteroatoms. The first-order valence-corrected chi connectivity index (χ1v) is 8.84. The van der Waals surface area contributed by atoms with Crippen LogP contribution in [0.3, 0.4) is 0 Å². The van der Waals surface area contributed by atoms with Crippen LogP contribution in [0.25, 0.3) is 11.0 Å². The fourth-order valence-electron chi connectivity index (χ4n) is 2.78. The van der Waals surface area contributed by atoms with Crippen molar-refractivity contribution in [2.45, 2.75) is 18.2 Å². The Morgan fingerprint density at radius 2 is 1.92 bits per heavy atom. The zero-order valence-corrected chi connectivity index (χ0v) is 14.3. The Kier molecular flexibility index (Phi) is 4.20. The van der Waals surface area contributed by atoms with E-state index in [0.717, 1.165) is 28.2 Å². The van der Waals surface area contributed by atoms with Gasteiger partial charge in [-0.05, 0) is 36.8 Å². The van der Waals surface area contributed by atoms with Gasteiger partial charge in [0.1, 0.15) is 0 Å². The van der Waals surface area contributed by atoms with E-state index in [4.69, 9.17) is 5.11 Å². The molecule has 26 heavy (non-hydrogen) atoms. The molecule has 0 aliphatic carbocycles. The van der Waals surface area contributed by atoms with Gasteiger partial charge in [-0.25, -0.2) is 17.4 Å². The van der Waals surface area contributed by atoms with Crippen molar-refractivity contribution in [2.24, 2.45) is 0 Å². The van der Waals surface area contributed by atoms with Gasteiger partial charge >= 0.3 is 5.97 Å². The third-order valence-corrected chi connectivity index (χ3v) is 5.75. The maximum Gasteiger partial charge on any atom is 0.307 e. The molecule has 134 valence electrons. The van der Waals surface area contributed by atoms with Crippen molar-refractivity contribution in [2.75, 3.05) is 0 Å². The number of carboxylic acids is 1. The minimum atomic E-state index is -4.12. The lowest BCUT2D eigenvalue weighted by atomic mass is 10.1. The maximum absolute atomic E-state index is 13.1. The molecule has 2 aromatic heterocycles. The maximum atomic E-state index is 13.1. The van der Waals surface area contributed by atoms with Crippen molar-refractivity contribution in [3.63, 3.8) is 0 Å². The lowest BCUT2D eigenvalue weighted by molar-refractivity contribution is -0.384. The predicted molar refractivity (Wildman–Crippen MR) is 91.5 cm³/mol.